The summed E-state index contributed by atoms with van der Waals surface area (Å²) < 4.78 is 0. The number of carbonyl (C=O) groups is 1. The van der Waals surface area contributed by atoms with Crippen LogP contribution in [0.2, 0.25) is 5.02 Å². The van der Waals surface area contributed by atoms with Gasteiger partial charge in [0, 0.05) is 18.6 Å². The number of aryl methyl sites for hydroxylation is 1. The van der Waals surface area contributed by atoms with Crippen molar-refractivity contribution in [3.63, 3.8) is 0 Å². The van der Waals surface area contributed by atoms with Crippen molar-refractivity contribution in [2.45, 2.75) is 51.1 Å². The Morgan fingerprint density at radius 3 is 2.90 bits per heavy atom. The molecule has 1 amide bonds. The van der Waals surface area contributed by atoms with Gasteiger partial charge in [-0.25, -0.2) is 0 Å². The molecule has 110 valence electrons. The predicted octanol–water partition coefficient (Wildman–Crippen LogP) is 3.46. The van der Waals surface area contributed by atoms with Crippen molar-refractivity contribution in [2.24, 2.45) is 0 Å². The topological polar surface area (TPSA) is 32.3 Å². The van der Waals surface area contributed by atoms with E-state index in [0.717, 1.165) is 31.5 Å². The van der Waals surface area contributed by atoms with Gasteiger partial charge in [-0.1, -0.05) is 11.6 Å². The lowest BCUT2D eigenvalue weighted by atomic mass is 9.94. The van der Waals surface area contributed by atoms with E-state index in [1.165, 1.54) is 30.6 Å². The van der Waals surface area contributed by atoms with Gasteiger partial charge in [-0.2, -0.15) is 0 Å². The largest absolute Gasteiger partial charge is 0.333 e. The summed E-state index contributed by atoms with van der Waals surface area (Å²) >= 11 is 7.76. The van der Waals surface area contributed by atoms with Gasteiger partial charge in [0.15, 0.2) is 0 Å². The van der Waals surface area contributed by atoms with E-state index in [-0.39, 0.29) is 5.91 Å². The summed E-state index contributed by atoms with van der Waals surface area (Å²) in [6, 6.07) is 0.816. The van der Waals surface area contributed by atoms with E-state index in [1.54, 1.807) is 0 Å². The number of hydrogen-bond acceptors (Lipinski definition) is 3. The molecule has 1 N–H and O–H groups in total. The molecular weight excluding hydrogens is 292 g/mol. The standard InChI is InChI=1S/C15H21ClN2OS/c1-10-9-20-14(13(10)16)15(19)18-8-3-2-6-12(18)11-5-4-7-17-11/h9,11-12,17H,2-8H2,1H3. The number of halogens is 1. The molecule has 0 radical (unpaired) electrons. The first kappa shape index (κ1) is 14.4. The minimum atomic E-state index is 0.131. The summed E-state index contributed by atoms with van der Waals surface area (Å²) in [5.41, 5.74) is 1.01. The van der Waals surface area contributed by atoms with Crippen molar-refractivity contribution in [1.29, 1.82) is 0 Å². The van der Waals surface area contributed by atoms with Gasteiger partial charge >= 0.3 is 0 Å². The van der Waals surface area contributed by atoms with Gasteiger partial charge in [0.25, 0.3) is 5.91 Å². The third-order valence-electron chi connectivity index (χ3n) is 4.47. The van der Waals surface area contributed by atoms with Gasteiger partial charge in [-0.3, -0.25) is 4.79 Å². The summed E-state index contributed by atoms with van der Waals surface area (Å²) in [7, 11) is 0. The van der Waals surface area contributed by atoms with Crippen molar-refractivity contribution in [3.8, 4) is 0 Å². The number of piperidine rings is 1. The molecule has 2 atom stereocenters. The van der Waals surface area contributed by atoms with Crippen LogP contribution in [0.25, 0.3) is 0 Å². The second kappa shape index (κ2) is 6.04. The van der Waals surface area contributed by atoms with Gasteiger partial charge in [0.05, 0.1) is 5.02 Å². The van der Waals surface area contributed by atoms with Crippen LogP contribution in [-0.4, -0.2) is 36.0 Å². The molecule has 3 rings (SSSR count). The summed E-state index contributed by atoms with van der Waals surface area (Å²) in [6.45, 7) is 3.92. The highest BCUT2D eigenvalue weighted by Crippen LogP contribution is 2.32. The van der Waals surface area contributed by atoms with Crippen LogP contribution in [0.5, 0.6) is 0 Å². The van der Waals surface area contributed by atoms with Crippen molar-refractivity contribution >= 4 is 28.8 Å². The Morgan fingerprint density at radius 1 is 1.40 bits per heavy atom. The van der Waals surface area contributed by atoms with Crippen LogP contribution < -0.4 is 5.32 Å². The molecule has 0 aliphatic carbocycles. The molecule has 0 spiro atoms. The molecule has 2 saturated heterocycles. The maximum atomic E-state index is 12.8. The highest BCUT2D eigenvalue weighted by Gasteiger charge is 2.35. The highest BCUT2D eigenvalue weighted by atomic mass is 35.5. The molecule has 0 saturated carbocycles. The Bertz CT molecular complexity index is 496. The van der Waals surface area contributed by atoms with Gasteiger partial charge in [-0.15, -0.1) is 11.3 Å². The molecular formula is C15H21ClN2OS. The third kappa shape index (κ3) is 2.61. The van der Waals surface area contributed by atoms with Gasteiger partial charge < -0.3 is 10.2 Å². The predicted molar refractivity (Wildman–Crippen MR) is 83.8 cm³/mol. The second-order valence-electron chi connectivity index (χ2n) is 5.83. The molecule has 2 aliphatic rings. The Morgan fingerprint density at radius 2 is 2.25 bits per heavy atom. The first-order valence-electron chi connectivity index (χ1n) is 7.46. The van der Waals surface area contributed by atoms with E-state index in [9.17, 15) is 4.79 Å². The molecule has 0 aromatic carbocycles. The van der Waals surface area contributed by atoms with E-state index >= 15 is 0 Å². The van der Waals surface area contributed by atoms with E-state index < -0.39 is 0 Å². The van der Waals surface area contributed by atoms with Crippen LogP contribution in [0.15, 0.2) is 5.38 Å². The lowest BCUT2D eigenvalue weighted by molar-refractivity contribution is 0.0568. The van der Waals surface area contributed by atoms with Crippen LogP contribution in [0.1, 0.15) is 47.3 Å². The number of thiophene rings is 1. The van der Waals surface area contributed by atoms with E-state index in [0.29, 0.717) is 22.0 Å². The summed E-state index contributed by atoms with van der Waals surface area (Å²) in [6.07, 6.45) is 5.86. The molecule has 20 heavy (non-hydrogen) atoms. The fourth-order valence-electron chi connectivity index (χ4n) is 3.37. The Labute approximate surface area is 129 Å². The van der Waals surface area contributed by atoms with Crippen molar-refractivity contribution < 1.29 is 4.79 Å². The van der Waals surface area contributed by atoms with Crippen LogP contribution in [0.4, 0.5) is 0 Å². The third-order valence-corrected chi connectivity index (χ3v) is 6.15. The molecule has 2 aliphatic heterocycles. The molecule has 1 aromatic rings. The Hall–Kier alpha value is -0.580. The normalized spacial score (nSPS) is 27.0. The molecule has 3 nitrogen and oxygen atoms in total. The number of rotatable bonds is 2. The zero-order chi connectivity index (χ0) is 14.1. The quantitative estimate of drug-likeness (QED) is 0.907. The minimum Gasteiger partial charge on any atom is -0.333 e. The SMILES string of the molecule is Cc1csc(C(=O)N2CCCCC2C2CCCN2)c1Cl. The summed E-state index contributed by atoms with van der Waals surface area (Å²) in [5, 5.41) is 6.18. The number of likely N-dealkylation sites (tertiary alicyclic amines) is 1. The van der Waals surface area contributed by atoms with Gasteiger partial charge in [-0.05, 0) is 56.5 Å². The number of nitrogens with zero attached hydrogens (tertiary/aromatic N) is 1. The van der Waals surface area contributed by atoms with E-state index in [1.807, 2.05) is 12.3 Å². The number of hydrogen-bond donors (Lipinski definition) is 1. The van der Waals surface area contributed by atoms with Crippen LogP contribution in [0.3, 0.4) is 0 Å². The second-order valence-corrected chi connectivity index (χ2v) is 7.08. The smallest absolute Gasteiger partial charge is 0.265 e. The number of nitrogens with one attached hydrogen (secondary N) is 1. The number of carbonyl (C=O) groups excluding carboxylic acids is 1. The van der Waals surface area contributed by atoms with Crippen LogP contribution >= 0.6 is 22.9 Å². The minimum absolute atomic E-state index is 0.131. The average Bonchev–Trinajstić information content (AvgIpc) is 3.10. The number of amides is 1. The van der Waals surface area contributed by atoms with E-state index in [2.05, 4.69) is 10.2 Å². The van der Waals surface area contributed by atoms with Crippen LogP contribution in [0, 0.1) is 6.92 Å². The zero-order valence-electron chi connectivity index (χ0n) is 11.8. The van der Waals surface area contributed by atoms with Crippen molar-refractivity contribution in [1.82, 2.24) is 10.2 Å². The highest BCUT2D eigenvalue weighted by molar-refractivity contribution is 7.13. The van der Waals surface area contributed by atoms with Crippen LogP contribution in [-0.2, 0) is 0 Å². The molecule has 2 fully saturated rings. The van der Waals surface area contributed by atoms with Crippen molar-refractivity contribution in [3.05, 3.63) is 20.8 Å². The van der Waals surface area contributed by atoms with Gasteiger partial charge in [0.1, 0.15) is 4.88 Å². The Balaban J connectivity index is 1.82. The first-order chi connectivity index (χ1) is 9.68. The maximum Gasteiger partial charge on any atom is 0.265 e. The molecule has 3 heterocycles. The van der Waals surface area contributed by atoms with Gasteiger partial charge in [0.2, 0.25) is 0 Å². The van der Waals surface area contributed by atoms with E-state index in [4.69, 9.17) is 11.6 Å². The molecule has 1 aromatic heterocycles. The fourth-order valence-corrected chi connectivity index (χ4v) is 4.60. The Kier molecular flexibility index (Phi) is 4.34. The average molecular weight is 313 g/mol. The maximum absolute atomic E-state index is 12.8. The lowest BCUT2D eigenvalue weighted by Gasteiger charge is -2.39. The monoisotopic (exact) mass is 312 g/mol. The lowest BCUT2D eigenvalue weighted by Crippen LogP contribution is -2.52. The summed E-state index contributed by atoms with van der Waals surface area (Å²) in [5.74, 6) is 0.131. The zero-order valence-corrected chi connectivity index (χ0v) is 13.4. The fraction of sp³-hybridized carbons (Fsp3) is 0.667. The molecule has 5 heteroatoms. The molecule has 2 unspecified atom stereocenters. The summed E-state index contributed by atoms with van der Waals surface area (Å²) in [4.78, 5) is 15.6. The first-order valence-corrected chi connectivity index (χ1v) is 8.72. The van der Waals surface area contributed by atoms with Crippen molar-refractivity contribution in [2.75, 3.05) is 13.1 Å². The molecule has 0 bridgehead atoms.